The Morgan fingerprint density at radius 1 is 1.09 bits per heavy atom. The van der Waals surface area contributed by atoms with Crippen LogP contribution in [0, 0.1) is 13.8 Å². The lowest BCUT2D eigenvalue weighted by Crippen LogP contribution is -2.11. The highest BCUT2D eigenvalue weighted by Gasteiger charge is 2.17. The first-order valence-corrected chi connectivity index (χ1v) is 11.1. The van der Waals surface area contributed by atoms with Crippen molar-refractivity contribution in [3.8, 4) is 21.9 Å². The molecule has 0 aliphatic heterocycles. The fourth-order valence-corrected chi connectivity index (χ4v) is 4.48. The van der Waals surface area contributed by atoms with E-state index in [1.54, 1.807) is 34.8 Å². The number of halogens is 2. The highest BCUT2D eigenvalue weighted by atomic mass is 35.5. The number of carbonyl (C=O) groups is 1. The summed E-state index contributed by atoms with van der Waals surface area (Å²) < 4.78 is 7.45. The van der Waals surface area contributed by atoms with Gasteiger partial charge in [-0.05, 0) is 49.7 Å². The van der Waals surface area contributed by atoms with Gasteiger partial charge in [0.25, 0.3) is 5.91 Å². The minimum absolute atomic E-state index is 0.162. The average Bonchev–Trinajstić information content (AvgIpc) is 3.49. The zero-order chi connectivity index (χ0) is 22.4. The number of anilines is 1. The van der Waals surface area contributed by atoms with Gasteiger partial charge < -0.3 is 9.73 Å². The van der Waals surface area contributed by atoms with Gasteiger partial charge in [0.15, 0.2) is 11.6 Å². The molecule has 5 aromatic rings. The Bertz CT molecular complexity index is 1490. The molecule has 7 nitrogen and oxygen atoms in total. The summed E-state index contributed by atoms with van der Waals surface area (Å²) in [5, 5.41) is 17.2. The molecule has 10 heteroatoms. The van der Waals surface area contributed by atoms with Crippen molar-refractivity contribution in [1.82, 2.24) is 19.8 Å². The lowest BCUT2D eigenvalue weighted by atomic mass is 10.1. The van der Waals surface area contributed by atoms with E-state index in [2.05, 4.69) is 20.6 Å². The number of amides is 1. The fourth-order valence-electron chi connectivity index (χ4n) is 3.20. The molecule has 3 heterocycles. The van der Waals surface area contributed by atoms with Crippen LogP contribution in [-0.2, 0) is 0 Å². The van der Waals surface area contributed by atoms with Gasteiger partial charge in [-0.3, -0.25) is 4.79 Å². The number of rotatable bonds is 4. The number of fused-ring (bicyclic) bond motifs is 1. The van der Waals surface area contributed by atoms with Crippen molar-refractivity contribution in [2.24, 2.45) is 0 Å². The summed E-state index contributed by atoms with van der Waals surface area (Å²) >= 11 is 13.8. The third kappa shape index (κ3) is 3.66. The highest BCUT2D eigenvalue weighted by molar-refractivity contribution is 7.19. The number of hydrogen-bond acceptors (Lipinski definition) is 6. The number of benzene rings is 2. The Hall–Kier alpha value is -3.20. The van der Waals surface area contributed by atoms with Gasteiger partial charge in [0.2, 0.25) is 4.96 Å². The number of carbonyl (C=O) groups excluding carboxylic acids is 1. The largest absolute Gasteiger partial charge is 0.451 e. The van der Waals surface area contributed by atoms with Crippen LogP contribution in [0.1, 0.15) is 21.9 Å². The second kappa shape index (κ2) is 8.05. The van der Waals surface area contributed by atoms with Gasteiger partial charge in [-0.2, -0.15) is 9.61 Å². The third-order valence-corrected chi connectivity index (χ3v) is 6.69. The van der Waals surface area contributed by atoms with Crippen LogP contribution in [-0.4, -0.2) is 25.7 Å². The number of hydrogen-bond donors (Lipinski definition) is 1. The maximum Gasteiger partial charge on any atom is 0.291 e. The fraction of sp³-hybridized carbons (Fsp3) is 0.0909. The van der Waals surface area contributed by atoms with Crippen molar-refractivity contribution in [3.63, 3.8) is 0 Å². The lowest BCUT2D eigenvalue weighted by molar-refractivity contribution is 0.0997. The molecule has 3 aromatic heterocycles. The van der Waals surface area contributed by atoms with Crippen LogP contribution in [0.15, 0.2) is 52.9 Å². The summed E-state index contributed by atoms with van der Waals surface area (Å²) in [5.74, 6) is 0.971. The molecule has 1 N–H and O–H groups in total. The van der Waals surface area contributed by atoms with Crippen molar-refractivity contribution in [3.05, 3.63) is 75.7 Å². The summed E-state index contributed by atoms with van der Waals surface area (Å²) in [7, 11) is 0. The Kier molecular flexibility index (Phi) is 5.21. The molecule has 32 heavy (non-hydrogen) atoms. The number of nitrogens with zero attached hydrogens (tertiary/aromatic N) is 4. The molecule has 0 saturated carbocycles. The molecule has 0 radical (unpaired) electrons. The van der Waals surface area contributed by atoms with E-state index >= 15 is 0 Å². The highest BCUT2D eigenvalue weighted by Crippen LogP contribution is 2.35. The minimum Gasteiger partial charge on any atom is -0.451 e. The Morgan fingerprint density at radius 3 is 2.75 bits per heavy atom. The summed E-state index contributed by atoms with van der Waals surface area (Å²) in [4.78, 5) is 13.6. The molecule has 160 valence electrons. The van der Waals surface area contributed by atoms with Gasteiger partial charge in [-0.25, -0.2) is 0 Å². The van der Waals surface area contributed by atoms with E-state index < -0.39 is 0 Å². The summed E-state index contributed by atoms with van der Waals surface area (Å²) in [6.45, 7) is 3.76. The summed E-state index contributed by atoms with van der Waals surface area (Å²) in [6.07, 6.45) is 0. The SMILES string of the molecule is Cc1ccc(-c2nn3c(C)nnc3s2)cc1NC(=O)c1ccc(-c2cccc(Cl)c2Cl)o1. The number of aromatic nitrogens is 4. The van der Waals surface area contributed by atoms with Crippen molar-refractivity contribution in [2.45, 2.75) is 13.8 Å². The zero-order valence-corrected chi connectivity index (χ0v) is 19.2. The molecule has 1 amide bonds. The third-order valence-electron chi connectivity index (χ3n) is 4.93. The zero-order valence-electron chi connectivity index (χ0n) is 16.9. The second-order valence-corrected chi connectivity index (χ2v) is 8.84. The van der Waals surface area contributed by atoms with Crippen molar-refractivity contribution in [2.75, 3.05) is 5.32 Å². The molecular formula is C22H15Cl2N5O2S. The predicted molar refractivity (Wildman–Crippen MR) is 126 cm³/mol. The number of aryl methyl sites for hydroxylation is 2. The van der Waals surface area contributed by atoms with Gasteiger partial charge >= 0.3 is 0 Å². The maximum atomic E-state index is 12.9. The van der Waals surface area contributed by atoms with Gasteiger partial charge in [0, 0.05) is 16.8 Å². The molecule has 0 bridgehead atoms. The van der Waals surface area contributed by atoms with Crippen LogP contribution in [0.3, 0.4) is 0 Å². The quantitative estimate of drug-likeness (QED) is 0.324. The molecular weight excluding hydrogens is 469 g/mol. The van der Waals surface area contributed by atoms with Gasteiger partial charge in [-0.15, -0.1) is 10.2 Å². The number of furan rings is 1. The van der Waals surface area contributed by atoms with Crippen LogP contribution >= 0.6 is 34.5 Å². The smallest absolute Gasteiger partial charge is 0.291 e. The maximum absolute atomic E-state index is 12.9. The van der Waals surface area contributed by atoms with Crippen molar-refractivity contribution >= 4 is 51.1 Å². The molecule has 0 fully saturated rings. The molecule has 2 aromatic carbocycles. The molecule has 0 aliphatic rings. The first-order chi connectivity index (χ1) is 15.4. The van der Waals surface area contributed by atoms with Crippen molar-refractivity contribution in [1.29, 1.82) is 0 Å². The molecule has 0 saturated heterocycles. The minimum atomic E-state index is -0.372. The molecule has 0 aliphatic carbocycles. The van der Waals surface area contributed by atoms with Crippen LogP contribution < -0.4 is 5.32 Å². The molecule has 5 rings (SSSR count). The van der Waals surface area contributed by atoms with Crippen LogP contribution in [0.2, 0.25) is 10.0 Å². The standard InChI is InChI=1S/C22H15Cl2N5O2S/c1-11-6-7-13(21-28-29-12(2)26-27-22(29)32-21)10-16(11)25-20(30)18-9-8-17(31-18)14-4-3-5-15(23)19(14)24/h3-10H,1-2H3,(H,25,30). The predicted octanol–water partition coefficient (Wildman–Crippen LogP) is 6.29. The first kappa shape index (κ1) is 20.7. The lowest BCUT2D eigenvalue weighted by Gasteiger charge is -2.09. The van der Waals surface area contributed by atoms with E-state index in [1.807, 2.05) is 32.0 Å². The van der Waals surface area contributed by atoms with Gasteiger partial charge in [0.05, 0.1) is 10.0 Å². The molecule has 0 spiro atoms. The van der Waals surface area contributed by atoms with E-state index in [1.165, 1.54) is 11.3 Å². The van der Waals surface area contributed by atoms with E-state index in [4.69, 9.17) is 27.6 Å². The van der Waals surface area contributed by atoms with Crippen LogP contribution in [0.25, 0.3) is 26.9 Å². The Labute approximate surface area is 196 Å². The van der Waals surface area contributed by atoms with Gasteiger partial charge in [0.1, 0.15) is 10.8 Å². The summed E-state index contributed by atoms with van der Waals surface area (Å²) in [5.41, 5.74) is 3.06. The first-order valence-electron chi connectivity index (χ1n) is 9.56. The topological polar surface area (TPSA) is 85.3 Å². The van der Waals surface area contributed by atoms with E-state index in [0.717, 1.165) is 22.0 Å². The number of nitrogens with one attached hydrogen (secondary N) is 1. The normalized spacial score (nSPS) is 11.2. The summed E-state index contributed by atoms with van der Waals surface area (Å²) in [6, 6.07) is 14.3. The second-order valence-electron chi connectivity index (χ2n) is 7.10. The van der Waals surface area contributed by atoms with E-state index in [9.17, 15) is 4.79 Å². The van der Waals surface area contributed by atoms with E-state index in [0.29, 0.717) is 32.0 Å². The Morgan fingerprint density at radius 2 is 1.94 bits per heavy atom. The van der Waals surface area contributed by atoms with E-state index in [-0.39, 0.29) is 11.7 Å². The van der Waals surface area contributed by atoms with Crippen molar-refractivity contribution < 1.29 is 9.21 Å². The monoisotopic (exact) mass is 483 g/mol. The van der Waals surface area contributed by atoms with Crippen LogP contribution in [0.5, 0.6) is 0 Å². The Balaban J connectivity index is 1.41. The molecule has 0 unspecified atom stereocenters. The molecule has 0 atom stereocenters. The van der Waals surface area contributed by atoms with Gasteiger partial charge in [-0.1, -0.05) is 52.7 Å². The van der Waals surface area contributed by atoms with Crippen LogP contribution in [0.4, 0.5) is 5.69 Å². The average molecular weight is 484 g/mol.